The minimum atomic E-state index is -0.237. The zero-order valence-electron chi connectivity index (χ0n) is 11.9. The van der Waals surface area contributed by atoms with Crippen LogP contribution >= 0.6 is 11.3 Å². The number of nitrogens with zero attached hydrogens (tertiary/aromatic N) is 1. The van der Waals surface area contributed by atoms with Gasteiger partial charge in [-0.1, -0.05) is 24.3 Å². The van der Waals surface area contributed by atoms with Crippen molar-refractivity contribution >= 4 is 29.0 Å². The lowest BCUT2D eigenvalue weighted by molar-refractivity contribution is 0.0750. The van der Waals surface area contributed by atoms with Gasteiger partial charge in [-0.3, -0.25) is 4.79 Å². The molecule has 2 heterocycles. The molecule has 2 nitrogen and oxygen atoms in total. The first kappa shape index (κ1) is 13.1. The summed E-state index contributed by atoms with van der Waals surface area (Å²) in [7, 11) is 0. The van der Waals surface area contributed by atoms with Crippen LogP contribution in [0, 0.1) is 0 Å². The molecule has 1 aromatic carbocycles. The van der Waals surface area contributed by atoms with E-state index < -0.39 is 0 Å². The smallest absolute Gasteiger partial charge is 0.259 e. The third-order valence-electron chi connectivity index (χ3n) is 3.37. The molecule has 0 unspecified atom stereocenters. The van der Waals surface area contributed by atoms with Crippen LogP contribution in [0.3, 0.4) is 0 Å². The van der Waals surface area contributed by atoms with Crippen LogP contribution in [0.15, 0.2) is 41.8 Å². The van der Waals surface area contributed by atoms with Gasteiger partial charge in [0.2, 0.25) is 0 Å². The Morgan fingerprint density at radius 2 is 1.75 bits per heavy atom. The first-order valence-electron chi connectivity index (χ1n) is 6.67. The molecular weight excluding hydrogens is 266 g/mol. The van der Waals surface area contributed by atoms with Crippen LogP contribution in [0.25, 0.3) is 11.8 Å². The molecule has 1 amide bonds. The maximum absolute atomic E-state index is 12.7. The summed E-state index contributed by atoms with van der Waals surface area (Å²) in [5, 5.41) is 2.05. The number of fused-ring (bicyclic) bond motifs is 1. The van der Waals surface area contributed by atoms with E-state index in [0.29, 0.717) is 0 Å². The Bertz CT molecular complexity index is 677. The van der Waals surface area contributed by atoms with Gasteiger partial charge in [-0.2, -0.15) is 0 Å². The lowest BCUT2D eigenvalue weighted by Crippen LogP contribution is -2.40. The quantitative estimate of drug-likeness (QED) is 0.754. The SMILES string of the molecule is CC(C)(C)N1C(=O)c2ccccc2/C1=C/c1cccs1. The van der Waals surface area contributed by atoms with E-state index in [1.54, 1.807) is 11.3 Å². The summed E-state index contributed by atoms with van der Waals surface area (Å²) in [6.07, 6.45) is 2.11. The van der Waals surface area contributed by atoms with E-state index in [1.807, 2.05) is 35.2 Å². The van der Waals surface area contributed by atoms with E-state index in [9.17, 15) is 4.79 Å². The summed E-state index contributed by atoms with van der Waals surface area (Å²) < 4.78 is 0. The lowest BCUT2D eigenvalue weighted by Gasteiger charge is -2.33. The summed E-state index contributed by atoms with van der Waals surface area (Å²) >= 11 is 1.68. The number of carbonyl (C=O) groups excluding carboxylic acids is 1. The van der Waals surface area contributed by atoms with Gasteiger partial charge < -0.3 is 4.90 Å². The van der Waals surface area contributed by atoms with E-state index >= 15 is 0 Å². The maximum Gasteiger partial charge on any atom is 0.259 e. The molecule has 0 saturated carbocycles. The molecular formula is C17H17NOS. The molecule has 0 spiro atoms. The molecule has 0 atom stereocenters. The zero-order chi connectivity index (χ0) is 14.3. The number of rotatable bonds is 1. The minimum absolute atomic E-state index is 0.0934. The van der Waals surface area contributed by atoms with Gasteiger partial charge in [0.05, 0.1) is 5.70 Å². The van der Waals surface area contributed by atoms with Gasteiger partial charge in [0, 0.05) is 21.5 Å². The number of thiophene rings is 1. The molecule has 3 heteroatoms. The average Bonchev–Trinajstić information content (AvgIpc) is 2.97. The van der Waals surface area contributed by atoms with Crippen LogP contribution < -0.4 is 0 Å². The van der Waals surface area contributed by atoms with Crippen LogP contribution in [0.2, 0.25) is 0 Å². The first-order chi connectivity index (χ1) is 9.48. The predicted octanol–water partition coefficient (Wildman–Crippen LogP) is 4.50. The number of hydrogen-bond acceptors (Lipinski definition) is 2. The van der Waals surface area contributed by atoms with E-state index in [4.69, 9.17) is 0 Å². The van der Waals surface area contributed by atoms with Crippen molar-refractivity contribution in [2.24, 2.45) is 0 Å². The molecule has 1 aliphatic rings. The molecule has 0 N–H and O–H groups in total. The molecule has 102 valence electrons. The second-order valence-corrected chi connectivity index (χ2v) is 6.88. The fourth-order valence-electron chi connectivity index (χ4n) is 2.56. The Morgan fingerprint density at radius 3 is 2.35 bits per heavy atom. The van der Waals surface area contributed by atoms with Crippen molar-refractivity contribution in [3.8, 4) is 0 Å². The molecule has 0 aliphatic carbocycles. The Kier molecular flexibility index (Phi) is 3.02. The highest BCUT2D eigenvalue weighted by Gasteiger charge is 2.38. The van der Waals surface area contributed by atoms with Gasteiger partial charge in [0.15, 0.2) is 0 Å². The van der Waals surface area contributed by atoms with Gasteiger partial charge in [-0.25, -0.2) is 0 Å². The first-order valence-corrected chi connectivity index (χ1v) is 7.55. The molecule has 0 saturated heterocycles. The molecule has 0 fully saturated rings. The number of amides is 1. The van der Waals surface area contributed by atoms with E-state index in [1.165, 1.54) is 4.88 Å². The van der Waals surface area contributed by atoms with Crippen molar-refractivity contribution in [3.63, 3.8) is 0 Å². The standard InChI is InChI=1S/C17H17NOS/c1-17(2,3)18-15(11-12-7-6-10-20-12)13-8-4-5-9-14(13)16(18)19/h4-11H,1-3H3/b15-11-. The molecule has 20 heavy (non-hydrogen) atoms. The van der Waals surface area contributed by atoms with Gasteiger partial charge in [0.1, 0.15) is 0 Å². The molecule has 3 rings (SSSR count). The molecule has 0 bridgehead atoms. The summed E-state index contributed by atoms with van der Waals surface area (Å²) in [5.74, 6) is 0.0934. The number of benzene rings is 1. The van der Waals surface area contributed by atoms with Gasteiger partial charge in [-0.15, -0.1) is 11.3 Å². The second kappa shape index (κ2) is 4.60. The monoisotopic (exact) mass is 283 g/mol. The van der Waals surface area contributed by atoms with E-state index in [0.717, 1.165) is 16.8 Å². The summed E-state index contributed by atoms with van der Waals surface area (Å²) in [6, 6.07) is 11.9. The van der Waals surface area contributed by atoms with Crippen LogP contribution in [-0.2, 0) is 0 Å². The summed E-state index contributed by atoms with van der Waals surface area (Å²) in [5.41, 5.74) is 2.59. The highest BCUT2D eigenvalue weighted by Crippen LogP contribution is 2.39. The Balaban J connectivity index is 2.20. The summed E-state index contributed by atoms with van der Waals surface area (Å²) in [4.78, 5) is 15.7. The fourth-order valence-corrected chi connectivity index (χ4v) is 3.21. The second-order valence-electron chi connectivity index (χ2n) is 5.90. The van der Waals surface area contributed by atoms with Crippen molar-refractivity contribution < 1.29 is 4.79 Å². The highest BCUT2D eigenvalue weighted by molar-refractivity contribution is 7.10. The third-order valence-corrected chi connectivity index (χ3v) is 4.19. The zero-order valence-corrected chi connectivity index (χ0v) is 12.7. The van der Waals surface area contributed by atoms with Crippen LogP contribution in [0.4, 0.5) is 0 Å². The Hall–Kier alpha value is -1.87. The largest absolute Gasteiger partial charge is 0.302 e. The fraction of sp³-hybridized carbons (Fsp3) is 0.235. The molecule has 2 aromatic rings. The minimum Gasteiger partial charge on any atom is -0.302 e. The van der Waals surface area contributed by atoms with Crippen molar-refractivity contribution in [2.45, 2.75) is 26.3 Å². The number of hydrogen-bond donors (Lipinski definition) is 0. The Labute approximate surface area is 123 Å². The number of carbonyl (C=O) groups is 1. The lowest BCUT2D eigenvalue weighted by atomic mass is 10.0. The van der Waals surface area contributed by atoms with Gasteiger partial charge in [0.25, 0.3) is 5.91 Å². The van der Waals surface area contributed by atoms with Gasteiger partial charge >= 0.3 is 0 Å². The summed E-state index contributed by atoms with van der Waals surface area (Å²) in [6.45, 7) is 6.21. The van der Waals surface area contributed by atoms with Crippen molar-refractivity contribution in [2.75, 3.05) is 0 Å². The average molecular weight is 283 g/mol. The van der Waals surface area contributed by atoms with Crippen molar-refractivity contribution in [1.82, 2.24) is 4.90 Å². The van der Waals surface area contributed by atoms with Crippen molar-refractivity contribution in [1.29, 1.82) is 0 Å². The normalized spacial score (nSPS) is 16.9. The predicted molar refractivity (Wildman–Crippen MR) is 84.6 cm³/mol. The Morgan fingerprint density at radius 1 is 1.05 bits per heavy atom. The maximum atomic E-state index is 12.7. The highest BCUT2D eigenvalue weighted by atomic mass is 32.1. The molecule has 1 aliphatic heterocycles. The topological polar surface area (TPSA) is 20.3 Å². The van der Waals surface area contributed by atoms with Crippen molar-refractivity contribution in [3.05, 3.63) is 57.8 Å². The van der Waals surface area contributed by atoms with E-state index in [2.05, 4.69) is 38.3 Å². The molecule has 1 aromatic heterocycles. The van der Waals surface area contributed by atoms with Crippen LogP contribution in [-0.4, -0.2) is 16.3 Å². The third kappa shape index (κ3) is 2.08. The molecule has 0 radical (unpaired) electrons. The van der Waals surface area contributed by atoms with Gasteiger partial charge in [-0.05, 0) is 44.4 Å². The van der Waals surface area contributed by atoms with E-state index in [-0.39, 0.29) is 11.4 Å². The van der Waals surface area contributed by atoms with Crippen LogP contribution in [0.5, 0.6) is 0 Å². The van der Waals surface area contributed by atoms with Crippen LogP contribution in [0.1, 0.15) is 41.6 Å².